The van der Waals surface area contributed by atoms with Crippen molar-refractivity contribution in [1.29, 1.82) is 0 Å². The van der Waals surface area contributed by atoms with Gasteiger partial charge in [0.05, 0.1) is 5.69 Å². The van der Waals surface area contributed by atoms with Crippen LogP contribution < -0.4 is 5.73 Å². The van der Waals surface area contributed by atoms with Crippen LogP contribution in [0.5, 0.6) is 0 Å². The fourth-order valence-electron chi connectivity index (χ4n) is 1.94. The molecule has 0 bridgehead atoms. The summed E-state index contributed by atoms with van der Waals surface area (Å²) in [6, 6.07) is 1.98. The Morgan fingerprint density at radius 1 is 1.24 bits per heavy atom. The number of aryl methyl sites for hydroxylation is 2. The minimum absolute atomic E-state index is 0.479. The highest BCUT2D eigenvalue weighted by Crippen LogP contribution is 2.19. The molecule has 0 fully saturated rings. The predicted octanol–water partition coefficient (Wildman–Crippen LogP) is 1.96. The van der Waals surface area contributed by atoms with E-state index in [-0.39, 0.29) is 0 Å². The summed E-state index contributed by atoms with van der Waals surface area (Å²) in [7, 11) is 0. The Balaban J connectivity index is 2.68. The SMILES string of the molecule is Cc1ccnc(-n2nc(C)c(C)c2C)c1CN. The first-order valence-corrected chi connectivity index (χ1v) is 5.74. The monoisotopic (exact) mass is 230 g/mol. The zero-order valence-corrected chi connectivity index (χ0v) is 10.8. The molecule has 0 amide bonds. The molecule has 4 nitrogen and oxygen atoms in total. The first kappa shape index (κ1) is 11.8. The van der Waals surface area contributed by atoms with Gasteiger partial charge >= 0.3 is 0 Å². The van der Waals surface area contributed by atoms with E-state index in [0.29, 0.717) is 6.54 Å². The van der Waals surface area contributed by atoms with E-state index in [2.05, 4.69) is 23.9 Å². The average Bonchev–Trinajstić information content (AvgIpc) is 2.56. The highest BCUT2D eigenvalue weighted by molar-refractivity contribution is 5.41. The molecule has 0 saturated carbocycles. The predicted molar refractivity (Wildman–Crippen MR) is 68.2 cm³/mol. The van der Waals surface area contributed by atoms with E-state index in [0.717, 1.165) is 28.3 Å². The molecule has 0 atom stereocenters. The van der Waals surface area contributed by atoms with Gasteiger partial charge in [0.1, 0.15) is 0 Å². The van der Waals surface area contributed by atoms with Gasteiger partial charge in [-0.25, -0.2) is 9.67 Å². The molecule has 17 heavy (non-hydrogen) atoms. The fraction of sp³-hybridized carbons (Fsp3) is 0.385. The topological polar surface area (TPSA) is 56.7 Å². The van der Waals surface area contributed by atoms with Gasteiger partial charge in [-0.15, -0.1) is 0 Å². The number of rotatable bonds is 2. The van der Waals surface area contributed by atoms with Gasteiger partial charge in [0.25, 0.3) is 0 Å². The van der Waals surface area contributed by atoms with E-state index in [1.54, 1.807) is 6.20 Å². The highest BCUT2D eigenvalue weighted by Gasteiger charge is 2.13. The van der Waals surface area contributed by atoms with E-state index in [9.17, 15) is 0 Å². The Kier molecular flexibility index (Phi) is 2.98. The summed E-state index contributed by atoms with van der Waals surface area (Å²) in [4.78, 5) is 4.42. The van der Waals surface area contributed by atoms with Crippen molar-refractivity contribution in [3.8, 4) is 5.82 Å². The lowest BCUT2D eigenvalue weighted by Gasteiger charge is -2.11. The molecule has 0 saturated heterocycles. The van der Waals surface area contributed by atoms with Gasteiger partial charge in [-0.3, -0.25) is 0 Å². The maximum atomic E-state index is 5.80. The van der Waals surface area contributed by atoms with E-state index in [1.807, 2.05) is 24.6 Å². The summed E-state index contributed by atoms with van der Waals surface area (Å²) < 4.78 is 1.89. The Morgan fingerprint density at radius 3 is 2.47 bits per heavy atom. The molecule has 2 aromatic rings. The number of hydrogen-bond donors (Lipinski definition) is 1. The Bertz CT molecular complexity index is 555. The van der Waals surface area contributed by atoms with Crippen LogP contribution in [0.15, 0.2) is 12.3 Å². The number of nitrogens with zero attached hydrogens (tertiary/aromatic N) is 3. The minimum Gasteiger partial charge on any atom is -0.326 e. The quantitative estimate of drug-likeness (QED) is 0.858. The lowest BCUT2D eigenvalue weighted by atomic mass is 10.1. The zero-order chi connectivity index (χ0) is 12.6. The number of aromatic nitrogens is 3. The Hall–Kier alpha value is -1.68. The Labute approximate surface area is 101 Å². The fourth-order valence-corrected chi connectivity index (χ4v) is 1.94. The Morgan fingerprint density at radius 2 is 1.94 bits per heavy atom. The van der Waals surface area contributed by atoms with Gasteiger partial charge in [-0.2, -0.15) is 5.10 Å². The first-order valence-electron chi connectivity index (χ1n) is 5.74. The largest absolute Gasteiger partial charge is 0.326 e. The van der Waals surface area contributed by atoms with Crippen molar-refractivity contribution in [2.45, 2.75) is 34.2 Å². The zero-order valence-electron chi connectivity index (χ0n) is 10.8. The number of nitrogens with two attached hydrogens (primary N) is 1. The molecule has 0 radical (unpaired) electrons. The summed E-state index contributed by atoms with van der Waals surface area (Å²) in [5.74, 6) is 0.848. The van der Waals surface area contributed by atoms with Crippen molar-refractivity contribution in [3.05, 3.63) is 40.3 Å². The van der Waals surface area contributed by atoms with Crippen molar-refractivity contribution >= 4 is 0 Å². The molecule has 2 rings (SSSR count). The third-order valence-corrected chi connectivity index (χ3v) is 3.33. The highest BCUT2D eigenvalue weighted by atomic mass is 15.3. The van der Waals surface area contributed by atoms with Crippen LogP contribution in [0.3, 0.4) is 0 Å². The number of pyridine rings is 1. The van der Waals surface area contributed by atoms with Crippen LogP contribution in [0.25, 0.3) is 5.82 Å². The van der Waals surface area contributed by atoms with E-state index in [4.69, 9.17) is 5.73 Å². The van der Waals surface area contributed by atoms with Gasteiger partial charge in [-0.05, 0) is 44.9 Å². The molecule has 0 aliphatic heterocycles. The lowest BCUT2D eigenvalue weighted by Crippen LogP contribution is -2.11. The van der Waals surface area contributed by atoms with Crippen LogP contribution in [0.1, 0.15) is 28.1 Å². The van der Waals surface area contributed by atoms with Gasteiger partial charge < -0.3 is 5.73 Å². The molecule has 90 valence electrons. The molecule has 0 aliphatic carbocycles. The molecule has 2 N–H and O–H groups in total. The lowest BCUT2D eigenvalue weighted by molar-refractivity contribution is 0.785. The standard InChI is InChI=1S/C13H18N4/c1-8-5-6-15-13(12(8)7-14)17-11(4)9(2)10(3)16-17/h5-6H,7,14H2,1-4H3. The van der Waals surface area contributed by atoms with Crippen molar-refractivity contribution < 1.29 is 0 Å². The number of hydrogen-bond acceptors (Lipinski definition) is 3. The average molecular weight is 230 g/mol. The van der Waals surface area contributed by atoms with Crippen molar-refractivity contribution in [1.82, 2.24) is 14.8 Å². The van der Waals surface area contributed by atoms with E-state index >= 15 is 0 Å². The van der Waals surface area contributed by atoms with Gasteiger partial charge in [-0.1, -0.05) is 0 Å². The summed E-state index contributed by atoms with van der Waals surface area (Å²) in [5.41, 5.74) is 11.4. The van der Waals surface area contributed by atoms with Crippen molar-refractivity contribution in [3.63, 3.8) is 0 Å². The van der Waals surface area contributed by atoms with Gasteiger partial charge in [0.15, 0.2) is 5.82 Å². The molecular formula is C13H18N4. The normalized spacial score (nSPS) is 10.9. The van der Waals surface area contributed by atoms with Crippen LogP contribution >= 0.6 is 0 Å². The van der Waals surface area contributed by atoms with Crippen LogP contribution in [0.4, 0.5) is 0 Å². The summed E-state index contributed by atoms with van der Waals surface area (Å²) in [5, 5.41) is 4.53. The second-order valence-electron chi connectivity index (χ2n) is 4.34. The molecule has 0 unspecified atom stereocenters. The molecule has 2 heterocycles. The molecule has 2 aromatic heterocycles. The van der Waals surface area contributed by atoms with Crippen molar-refractivity contribution in [2.24, 2.45) is 5.73 Å². The third-order valence-electron chi connectivity index (χ3n) is 3.33. The van der Waals surface area contributed by atoms with E-state index < -0.39 is 0 Å². The second kappa shape index (κ2) is 4.30. The van der Waals surface area contributed by atoms with E-state index in [1.165, 1.54) is 5.56 Å². The maximum Gasteiger partial charge on any atom is 0.158 e. The van der Waals surface area contributed by atoms with Crippen LogP contribution in [0, 0.1) is 27.7 Å². The van der Waals surface area contributed by atoms with Gasteiger partial charge in [0.2, 0.25) is 0 Å². The summed E-state index contributed by atoms with van der Waals surface area (Å²) in [6.45, 7) is 8.67. The smallest absolute Gasteiger partial charge is 0.158 e. The molecule has 4 heteroatoms. The minimum atomic E-state index is 0.479. The molecule has 0 spiro atoms. The third kappa shape index (κ3) is 1.85. The molecule has 0 aromatic carbocycles. The van der Waals surface area contributed by atoms with Crippen LogP contribution in [-0.4, -0.2) is 14.8 Å². The maximum absolute atomic E-state index is 5.80. The molecule has 0 aliphatic rings. The van der Waals surface area contributed by atoms with Crippen molar-refractivity contribution in [2.75, 3.05) is 0 Å². The first-order chi connectivity index (χ1) is 8.06. The molecular weight excluding hydrogens is 212 g/mol. The summed E-state index contributed by atoms with van der Waals surface area (Å²) in [6.07, 6.45) is 1.80. The van der Waals surface area contributed by atoms with Crippen LogP contribution in [-0.2, 0) is 6.54 Å². The van der Waals surface area contributed by atoms with Gasteiger partial charge in [0, 0.05) is 24.0 Å². The second-order valence-corrected chi connectivity index (χ2v) is 4.34. The van der Waals surface area contributed by atoms with Crippen LogP contribution in [0.2, 0.25) is 0 Å². The summed E-state index contributed by atoms with van der Waals surface area (Å²) >= 11 is 0.